The van der Waals surface area contributed by atoms with Crippen LogP contribution in [-0.4, -0.2) is 30.0 Å². The van der Waals surface area contributed by atoms with Crippen LogP contribution in [0.5, 0.6) is 0 Å². The Labute approximate surface area is 140 Å². The Bertz CT molecular complexity index is 648. The molecule has 0 spiro atoms. The number of nitrogens with zero attached hydrogens (tertiary/aromatic N) is 1. The molecule has 1 saturated heterocycles. The summed E-state index contributed by atoms with van der Waals surface area (Å²) in [5.74, 6) is 1.33. The average molecular weight is 334 g/mol. The van der Waals surface area contributed by atoms with Crippen LogP contribution < -0.4 is 10.6 Å². The van der Waals surface area contributed by atoms with Gasteiger partial charge in [0, 0.05) is 29.5 Å². The van der Waals surface area contributed by atoms with Gasteiger partial charge in [-0.3, -0.25) is 4.79 Å². The molecule has 1 fully saturated rings. The molecule has 0 aliphatic carbocycles. The van der Waals surface area contributed by atoms with Crippen molar-refractivity contribution in [1.29, 1.82) is 0 Å². The maximum atomic E-state index is 12.0. The highest BCUT2D eigenvalue weighted by molar-refractivity contribution is 6.30. The molecule has 0 radical (unpaired) electrons. The number of hydrogen-bond donors (Lipinski definition) is 2. The highest BCUT2D eigenvalue weighted by Gasteiger charge is 2.16. The van der Waals surface area contributed by atoms with Crippen LogP contribution in [0.4, 0.5) is 0 Å². The van der Waals surface area contributed by atoms with Gasteiger partial charge in [-0.1, -0.05) is 11.6 Å². The largest absolute Gasteiger partial charge is 0.441 e. The highest BCUT2D eigenvalue weighted by Crippen LogP contribution is 2.22. The second kappa shape index (κ2) is 7.62. The summed E-state index contributed by atoms with van der Waals surface area (Å²) in [6.07, 6.45) is 4.56. The van der Waals surface area contributed by atoms with E-state index in [0.717, 1.165) is 31.5 Å². The van der Waals surface area contributed by atoms with Crippen molar-refractivity contribution < 1.29 is 9.21 Å². The number of piperidine rings is 1. The fourth-order valence-electron chi connectivity index (χ4n) is 2.66. The first-order chi connectivity index (χ1) is 11.2. The van der Waals surface area contributed by atoms with E-state index in [1.165, 1.54) is 0 Å². The molecule has 6 heteroatoms. The Hall–Kier alpha value is -1.85. The van der Waals surface area contributed by atoms with Gasteiger partial charge in [0.25, 0.3) is 0 Å². The molecule has 3 rings (SSSR count). The van der Waals surface area contributed by atoms with Crippen molar-refractivity contribution in [3.63, 3.8) is 0 Å². The highest BCUT2D eigenvalue weighted by atomic mass is 35.5. The second-order valence-corrected chi connectivity index (χ2v) is 6.15. The van der Waals surface area contributed by atoms with Crippen molar-refractivity contribution in [2.24, 2.45) is 0 Å². The third-order valence-corrected chi connectivity index (χ3v) is 4.20. The Morgan fingerprint density at radius 1 is 1.30 bits per heavy atom. The van der Waals surface area contributed by atoms with E-state index in [2.05, 4.69) is 15.6 Å². The van der Waals surface area contributed by atoms with Gasteiger partial charge >= 0.3 is 0 Å². The summed E-state index contributed by atoms with van der Waals surface area (Å²) >= 11 is 5.87. The zero-order chi connectivity index (χ0) is 16.1. The third-order valence-electron chi connectivity index (χ3n) is 3.95. The van der Waals surface area contributed by atoms with Crippen molar-refractivity contribution in [3.8, 4) is 11.3 Å². The number of nitrogens with one attached hydrogen (secondary N) is 2. The molecule has 0 atom stereocenters. The monoisotopic (exact) mass is 333 g/mol. The van der Waals surface area contributed by atoms with E-state index < -0.39 is 0 Å². The number of carbonyl (C=O) groups is 1. The lowest BCUT2D eigenvalue weighted by atomic mass is 10.1. The Morgan fingerprint density at radius 2 is 2.04 bits per heavy atom. The van der Waals surface area contributed by atoms with Gasteiger partial charge in [-0.15, -0.1) is 0 Å². The van der Waals surface area contributed by atoms with Crippen LogP contribution in [0.2, 0.25) is 5.02 Å². The molecular weight excluding hydrogens is 314 g/mol. The van der Waals surface area contributed by atoms with E-state index in [9.17, 15) is 4.79 Å². The summed E-state index contributed by atoms with van der Waals surface area (Å²) in [7, 11) is 0. The van der Waals surface area contributed by atoms with Crippen molar-refractivity contribution >= 4 is 17.5 Å². The first kappa shape index (κ1) is 16.0. The number of amides is 1. The molecule has 5 nitrogen and oxygen atoms in total. The lowest BCUT2D eigenvalue weighted by molar-refractivity contribution is -0.122. The molecule has 0 saturated carbocycles. The Balaban J connectivity index is 1.50. The number of oxazole rings is 1. The predicted octanol–water partition coefficient (Wildman–Crippen LogP) is 2.80. The summed E-state index contributed by atoms with van der Waals surface area (Å²) in [5, 5.41) is 7.04. The minimum atomic E-state index is 0.0585. The zero-order valence-corrected chi connectivity index (χ0v) is 13.6. The molecule has 2 N–H and O–H groups in total. The molecular formula is C17H20ClN3O2. The fourth-order valence-corrected chi connectivity index (χ4v) is 2.79. The number of carbonyl (C=O) groups excluding carboxylic acids is 1. The smallest absolute Gasteiger partial charge is 0.220 e. The van der Waals surface area contributed by atoms with E-state index >= 15 is 0 Å². The summed E-state index contributed by atoms with van der Waals surface area (Å²) in [6, 6.07) is 7.68. The van der Waals surface area contributed by atoms with E-state index in [4.69, 9.17) is 16.0 Å². The molecule has 1 aliphatic rings. The van der Waals surface area contributed by atoms with E-state index in [1.807, 2.05) is 24.3 Å². The SMILES string of the molecule is O=C(CCc1ncc(-c2ccc(Cl)cc2)o1)NC1CCNCC1. The van der Waals surface area contributed by atoms with Crippen LogP contribution in [0.3, 0.4) is 0 Å². The number of aromatic nitrogens is 1. The van der Waals surface area contributed by atoms with E-state index in [-0.39, 0.29) is 11.9 Å². The molecule has 2 aromatic rings. The molecule has 1 aromatic heterocycles. The van der Waals surface area contributed by atoms with Crippen molar-refractivity contribution in [2.75, 3.05) is 13.1 Å². The zero-order valence-electron chi connectivity index (χ0n) is 12.8. The standard InChI is InChI=1S/C17H20ClN3O2/c18-13-3-1-12(2-4-13)15-11-20-17(23-15)6-5-16(22)21-14-7-9-19-10-8-14/h1-4,11,14,19H,5-10H2,(H,21,22). The van der Waals surface area contributed by atoms with Gasteiger partial charge in [-0.05, 0) is 50.2 Å². The van der Waals surface area contributed by atoms with Gasteiger partial charge in [-0.25, -0.2) is 4.98 Å². The second-order valence-electron chi connectivity index (χ2n) is 5.72. The van der Waals surface area contributed by atoms with Crippen molar-refractivity contribution in [3.05, 3.63) is 41.4 Å². The number of rotatable bonds is 5. The molecule has 23 heavy (non-hydrogen) atoms. The van der Waals surface area contributed by atoms with Crippen LogP contribution >= 0.6 is 11.6 Å². The molecule has 1 aliphatic heterocycles. The van der Waals surface area contributed by atoms with Gasteiger partial charge < -0.3 is 15.1 Å². The first-order valence-corrected chi connectivity index (χ1v) is 8.29. The van der Waals surface area contributed by atoms with Gasteiger partial charge in [-0.2, -0.15) is 0 Å². The molecule has 0 unspecified atom stereocenters. The summed E-state index contributed by atoms with van der Waals surface area (Å²) in [5.41, 5.74) is 0.923. The van der Waals surface area contributed by atoms with Crippen LogP contribution in [0, 0.1) is 0 Å². The lowest BCUT2D eigenvalue weighted by Gasteiger charge is -2.23. The summed E-state index contributed by atoms with van der Waals surface area (Å²) in [6.45, 7) is 1.93. The van der Waals surface area contributed by atoms with E-state index in [0.29, 0.717) is 29.5 Å². The quantitative estimate of drug-likeness (QED) is 0.883. The molecule has 1 amide bonds. The number of hydrogen-bond acceptors (Lipinski definition) is 4. The Morgan fingerprint density at radius 3 is 2.78 bits per heavy atom. The molecule has 2 heterocycles. The minimum absolute atomic E-state index is 0.0585. The number of halogens is 1. The van der Waals surface area contributed by atoms with Crippen LogP contribution in [0.15, 0.2) is 34.9 Å². The maximum Gasteiger partial charge on any atom is 0.220 e. The van der Waals surface area contributed by atoms with Crippen molar-refractivity contribution in [1.82, 2.24) is 15.6 Å². The van der Waals surface area contributed by atoms with E-state index in [1.54, 1.807) is 6.20 Å². The van der Waals surface area contributed by atoms with Crippen LogP contribution in [-0.2, 0) is 11.2 Å². The Kier molecular flexibility index (Phi) is 5.31. The normalized spacial score (nSPS) is 15.5. The van der Waals surface area contributed by atoms with Gasteiger partial charge in [0.2, 0.25) is 5.91 Å². The van der Waals surface area contributed by atoms with Crippen LogP contribution in [0.25, 0.3) is 11.3 Å². The average Bonchev–Trinajstić information content (AvgIpc) is 3.04. The first-order valence-electron chi connectivity index (χ1n) is 7.91. The van der Waals surface area contributed by atoms with Crippen molar-refractivity contribution in [2.45, 2.75) is 31.7 Å². The van der Waals surface area contributed by atoms with Gasteiger partial charge in [0.1, 0.15) is 0 Å². The van der Waals surface area contributed by atoms with Crippen LogP contribution in [0.1, 0.15) is 25.2 Å². The molecule has 0 bridgehead atoms. The molecule has 1 aromatic carbocycles. The number of benzene rings is 1. The number of aryl methyl sites for hydroxylation is 1. The topological polar surface area (TPSA) is 67.2 Å². The summed E-state index contributed by atoms with van der Waals surface area (Å²) < 4.78 is 5.71. The maximum absolute atomic E-state index is 12.0. The minimum Gasteiger partial charge on any atom is -0.441 e. The summed E-state index contributed by atoms with van der Waals surface area (Å²) in [4.78, 5) is 16.2. The van der Waals surface area contributed by atoms with Gasteiger partial charge in [0.05, 0.1) is 6.20 Å². The fraction of sp³-hybridized carbons (Fsp3) is 0.412. The molecule has 122 valence electrons. The van der Waals surface area contributed by atoms with Gasteiger partial charge in [0.15, 0.2) is 11.7 Å². The third kappa shape index (κ3) is 4.56. The predicted molar refractivity (Wildman–Crippen MR) is 89.3 cm³/mol. The lowest BCUT2D eigenvalue weighted by Crippen LogP contribution is -2.42.